The van der Waals surface area contributed by atoms with Gasteiger partial charge >= 0.3 is 0 Å². The van der Waals surface area contributed by atoms with Gasteiger partial charge in [-0.1, -0.05) is 0 Å². The van der Waals surface area contributed by atoms with E-state index < -0.39 is 36.5 Å². The van der Waals surface area contributed by atoms with Crippen molar-refractivity contribution in [1.29, 1.82) is 0 Å². The third kappa shape index (κ3) is 5.45. The molecule has 0 spiro atoms. The highest BCUT2D eigenvalue weighted by Gasteiger charge is 2.43. The summed E-state index contributed by atoms with van der Waals surface area (Å²) < 4.78 is 10.6. The van der Waals surface area contributed by atoms with Crippen LogP contribution in [0.5, 0.6) is 0 Å². The second-order valence-electron chi connectivity index (χ2n) is 4.61. The predicted octanol–water partition coefficient (Wildman–Crippen LogP) is -1.69. The van der Waals surface area contributed by atoms with Gasteiger partial charge in [0.1, 0.15) is 29.9 Å². The fourth-order valence-electron chi connectivity index (χ4n) is 1.83. The number of hydrogen-bond acceptors (Lipinski definition) is 8. The Hall–Kier alpha value is 0.0700. The number of ether oxygens (including phenoxy) is 2. The van der Waals surface area contributed by atoms with Crippen molar-refractivity contribution in [2.75, 3.05) is 32.2 Å². The highest BCUT2D eigenvalue weighted by atomic mass is 32.2. The summed E-state index contributed by atoms with van der Waals surface area (Å²) in [4.78, 5) is 0. The zero-order valence-corrected chi connectivity index (χ0v) is 12.1. The minimum Gasteiger partial charge on any atom is -0.396 e. The zero-order valence-electron chi connectivity index (χ0n) is 11.3. The maximum absolute atomic E-state index is 9.80. The van der Waals surface area contributed by atoms with Crippen LogP contribution in [-0.4, -0.2) is 87.6 Å². The minimum absolute atomic E-state index is 0.111. The number of aliphatic hydroxyl groups is 5. The van der Waals surface area contributed by atoms with Gasteiger partial charge in [0.15, 0.2) is 0 Å². The summed E-state index contributed by atoms with van der Waals surface area (Å²) in [6.07, 6.45) is -3.32. The molecule has 0 unspecified atom stereocenters. The molecule has 5 atom stereocenters. The molecule has 0 aromatic heterocycles. The van der Waals surface area contributed by atoms with E-state index in [4.69, 9.17) is 19.7 Å². The van der Waals surface area contributed by atoms with Gasteiger partial charge in [-0.25, -0.2) is 0 Å². The van der Waals surface area contributed by atoms with Crippen molar-refractivity contribution in [3.8, 4) is 0 Å². The largest absolute Gasteiger partial charge is 0.396 e. The topological polar surface area (TPSA) is 120 Å². The second kappa shape index (κ2) is 9.91. The van der Waals surface area contributed by atoms with Crippen molar-refractivity contribution in [2.24, 2.45) is 0 Å². The van der Waals surface area contributed by atoms with Gasteiger partial charge in [0.2, 0.25) is 0 Å². The van der Waals surface area contributed by atoms with E-state index in [-0.39, 0.29) is 6.61 Å². The fourth-order valence-corrected chi connectivity index (χ4v) is 2.93. The van der Waals surface area contributed by atoms with Gasteiger partial charge in [0, 0.05) is 19.8 Å². The van der Waals surface area contributed by atoms with E-state index in [0.717, 1.165) is 6.42 Å². The van der Waals surface area contributed by atoms with Gasteiger partial charge in [-0.2, -0.15) is 0 Å². The summed E-state index contributed by atoms with van der Waals surface area (Å²) in [5, 5.41) is 46.7. The molecular weight excluding hydrogens is 288 g/mol. The Morgan fingerprint density at radius 3 is 2.30 bits per heavy atom. The minimum atomic E-state index is -1.32. The van der Waals surface area contributed by atoms with Crippen molar-refractivity contribution in [2.45, 2.75) is 42.7 Å². The lowest BCUT2D eigenvalue weighted by atomic mass is 10.0. The lowest BCUT2D eigenvalue weighted by molar-refractivity contribution is -0.205. The van der Waals surface area contributed by atoms with Gasteiger partial charge < -0.3 is 35.0 Å². The first-order valence-corrected chi connectivity index (χ1v) is 7.77. The fraction of sp³-hybridized carbons (Fsp3) is 1.00. The van der Waals surface area contributed by atoms with E-state index in [1.165, 1.54) is 11.8 Å². The summed E-state index contributed by atoms with van der Waals surface area (Å²) in [5.41, 5.74) is -0.678. The molecule has 1 saturated heterocycles. The van der Waals surface area contributed by atoms with Crippen molar-refractivity contribution >= 4 is 11.8 Å². The number of rotatable bonds is 9. The maximum Gasteiger partial charge on any atom is 0.132 e. The predicted molar refractivity (Wildman–Crippen MR) is 73.4 cm³/mol. The third-order valence-corrected chi connectivity index (χ3v) is 4.25. The van der Waals surface area contributed by atoms with Crippen LogP contribution in [0.15, 0.2) is 0 Å². The molecule has 0 aromatic carbocycles. The summed E-state index contributed by atoms with van der Waals surface area (Å²) in [5.74, 6) is 0.655. The van der Waals surface area contributed by atoms with Crippen molar-refractivity contribution in [3.63, 3.8) is 0 Å². The van der Waals surface area contributed by atoms with Gasteiger partial charge in [-0.3, -0.25) is 0 Å². The Morgan fingerprint density at radius 1 is 0.950 bits per heavy atom. The van der Waals surface area contributed by atoms with E-state index in [1.54, 1.807) is 0 Å². The molecule has 7 nitrogen and oxygen atoms in total. The van der Waals surface area contributed by atoms with Gasteiger partial charge in [-0.15, -0.1) is 11.8 Å². The second-order valence-corrected chi connectivity index (χ2v) is 5.82. The standard InChI is InChI=1S/C12H24O7S/c13-3-1-4-18-5-2-6-20-12-11(17)10(16)9(15)8(7-14)19-12/h8-17H,1-7H2/t8-,9-,10+,11+,12-/m1/s1. The molecular formula is C12H24O7S. The maximum atomic E-state index is 9.80. The summed E-state index contributed by atoms with van der Waals surface area (Å²) in [7, 11) is 0. The number of aliphatic hydroxyl groups excluding tert-OH is 5. The first-order chi connectivity index (χ1) is 9.61. The van der Waals surface area contributed by atoms with E-state index in [1.807, 2.05) is 0 Å². The molecule has 0 saturated carbocycles. The molecule has 8 heteroatoms. The molecule has 0 aliphatic carbocycles. The van der Waals surface area contributed by atoms with Gasteiger partial charge in [-0.05, 0) is 18.6 Å². The van der Waals surface area contributed by atoms with Crippen LogP contribution in [0.1, 0.15) is 12.8 Å². The van der Waals surface area contributed by atoms with E-state index in [9.17, 15) is 15.3 Å². The summed E-state index contributed by atoms with van der Waals surface area (Å²) in [6.45, 7) is 0.761. The average Bonchev–Trinajstić information content (AvgIpc) is 2.46. The van der Waals surface area contributed by atoms with E-state index >= 15 is 0 Å². The van der Waals surface area contributed by atoms with Crippen LogP contribution in [0.2, 0.25) is 0 Å². The average molecular weight is 312 g/mol. The molecule has 20 heavy (non-hydrogen) atoms. The van der Waals surface area contributed by atoms with Gasteiger partial charge in [0.25, 0.3) is 0 Å². The molecule has 1 rings (SSSR count). The number of thioether (sulfide) groups is 1. The Bertz CT molecular complexity index is 254. The highest BCUT2D eigenvalue weighted by molar-refractivity contribution is 7.99. The van der Waals surface area contributed by atoms with Crippen LogP contribution in [0.25, 0.3) is 0 Å². The molecule has 5 N–H and O–H groups in total. The first-order valence-electron chi connectivity index (χ1n) is 6.72. The molecule has 1 aliphatic heterocycles. The summed E-state index contributed by atoms with van der Waals surface area (Å²) >= 11 is 1.31. The molecule has 0 amide bonds. The van der Waals surface area contributed by atoms with Gasteiger partial charge in [0.05, 0.1) is 6.61 Å². The molecule has 0 radical (unpaired) electrons. The SMILES string of the molecule is OCCCOCCCS[C@H]1O[C@H](CO)[C@@H](O)[C@H](O)[C@@H]1O. The number of hydrogen-bond donors (Lipinski definition) is 5. The van der Waals surface area contributed by atoms with Crippen molar-refractivity contribution in [1.82, 2.24) is 0 Å². The highest BCUT2D eigenvalue weighted by Crippen LogP contribution is 2.28. The monoisotopic (exact) mass is 312 g/mol. The Kier molecular flexibility index (Phi) is 8.98. The lowest BCUT2D eigenvalue weighted by Gasteiger charge is -2.39. The molecule has 120 valence electrons. The van der Waals surface area contributed by atoms with Crippen LogP contribution < -0.4 is 0 Å². The summed E-state index contributed by atoms with van der Waals surface area (Å²) in [6, 6.07) is 0. The van der Waals surface area contributed by atoms with E-state index in [0.29, 0.717) is 25.4 Å². The van der Waals surface area contributed by atoms with E-state index in [2.05, 4.69) is 0 Å². The smallest absolute Gasteiger partial charge is 0.132 e. The van der Waals surface area contributed by atoms with Crippen LogP contribution in [0.3, 0.4) is 0 Å². The van der Waals surface area contributed by atoms with Crippen LogP contribution >= 0.6 is 11.8 Å². The van der Waals surface area contributed by atoms with Crippen molar-refractivity contribution in [3.05, 3.63) is 0 Å². The molecule has 1 fully saturated rings. The molecule has 0 aromatic rings. The normalized spacial score (nSPS) is 34.4. The Balaban J connectivity index is 2.21. The Morgan fingerprint density at radius 2 is 1.65 bits per heavy atom. The van der Waals surface area contributed by atoms with Crippen molar-refractivity contribution < 1.29 is 35.0 Å². The molecule has 0 bridgehead atoms. The van der Waals surface area contributed by atoms with Crippen LogP contribution in [-0.2, 0) is 9.47 Å². The Labute approximate surface area is 122 Å². The molecule has 1 aliphatic rings. The first kappa shape index (κ1) is 18.1. The lowest BCUT2D eigenvalue weighted by Crippen LogP contribution is -2.57. The quantitative estimate of drug-likeness (QED) is 0.320. The molecule has 1 heterocycles. The van der Waals surface area contributed by atoms with Crippen LogP contribution in [0, 0.1) is 0 Å². The zero-order chi connectivity index (χ0) is 15.0. The van der Waals surface area contributed by atoms with Crippen LogP contribution in [0.4, 0.5) is 0 Å². The third-order valence-electron chi connectivity index (χ3n) is 3.01.